The van der Waals surface area contributed by atoms with Gasteiger partial charge in [-0.1, -0.05) is 23.2 Å². The first-order chi connectivity index (χ1) is 9.95. The van der Waals surface area contributed by atoms with Gasteiger partial charge in [-0.25, -0.2) is 4.39 Å². The molecule has 0 bridgehead atoms. The van der Waals surface area contributed by atoms with Crippen LogP contribution < -0.4 is 11.1 Å². The fourth-order valence-electron chi connectivity index (χ4n) is 1.52. The number of nitrogens with two attached hydrogens (primary N) is 1. The lowest BCUT2D eigenvalue weighted by atomic mass is 10.3. The maximum atomic E-state index is 13.5. The Hall–Kier alpha value is -1.43. The van der Waals surface area contributed by atoms with Crippen LogP contribution >= 0.6 is 35.0 Å². The minimum Gasteiger partial charge on any atom is -0.398 e. The first-order valence-electron chi connectivity index (χ1n) is 5.88. The van der Waals surface area contributed by atoms with Gasteiger partial charge in [-0.2, -0.15) is 0 Å². The molecule has 0 saturated carbocycles. The Bertz CT molecular complexity index is 682. The van der Waals surface area contributed by atoms with Crippen molar-refractivity contribution in [1.29, 1.82) is 0 Å². The fourth-order valence-corrected chi connectivity index (χ4v) is 2.66. The van der Waals surface area contributed by atoms with Crippen LogP contribution in [0.25, 0.3) is 0 Å². The number of halogens is 3. The average molecular weight is 345 g/mol. The summed E-state index contributed by atoms with van der Waals surface area (Å²) in [6.07, 6.45) is 0. The smallest absolute Gasteiger partial charge is 0.234 e. The second-order valence-corrected chi connectivity index (χ2v) is 6.04. The molecule has 0 atom stereocenters. The number of nitrogen functional groups attached to an aromatic ring is 1. The number of carbonyl (C=O) groups is 1. The molecule has 0 heterocycles. The van der Waals surface area contributed by atoms with Crippen molar-refractivity contribution >= 4 is 52.2 Å². The molecule has 110 valence electrons. The predicted octanol–water partition coefficient (Wildman–Crippen LogP) is 4.45. The number of amides is 1. The first kappa shape index (κ1) is 15.9. The van der Waals surface area contributed by atoms with Crippen LogP contribution in [-0.2, 0) is 4.79 Å². The van der Waals surface area contributed by atoms with Crippen LogP contribution in [0.15, 0.2) is 41.3 Å². The van der Waals surface area contributed by atoms with Crippen LogP contribution in [0.3, 0.4) is 0 Å². The van der Waals surface area contributed by atoms with Gasteiger partial charge >= 0.3 is 0 Å². The highest BCUT2D eigenvalue weighted by molar-refractivity contribution is 8.00. The topological polar surface area (TPSA) is 55.1 Å². The van der Waals surface area contributed by atoms with Gasteiger partial charge in [0.1, 0.15) is 5.82 Å². The van der Waals surface area contributed by atoms with E-state index >= 15 is 0 Å². The van der Waals surface area contributed by atoms with Crippen molar-refractivity contribution < 1.29 is 9.18 Å². The van der Waals surface area contributed by atoms with Crippen LogP contribution in [0.1, 0.15) is 0 Å². The Kier molecular flexibility index (Phi) is 5.33. The summed E-state index contributed by atoms with van der Waals surface area (Å²) in [5.74, 6) is -0.770. The molecule has 0 aliphatic heterocycles. The number of hydrogen-bond acceptors (Lipinski definition) is 3. The highest BCUT2D eigenvalue weighted by Crippen LogP contribution is 2.26. The van der Waals surface area contributed by atoms with Crippen LogP contribution in [0.5, 0.6) is 0 Å². The molecular formula is C14H11Cl2FN2OS. The minimum atomic E-state index is -0.573. The summed E-state index contributed by atoms with van der Waals surface area (Å²) < 4.78 is 13.5. The van der Waals surface area contributed by atoms with Gasteiger partial charge < -0.3 is 11.1 Å². The Morgan fingerprint density at radius 1 is 1.24 bits per heavy atom. The van der Waals surface area contributed by atoms with Crippen LogP contribution in [0, 0.1) is 5.82 Å². The third-order valence-electron chi connectivity index (χ3n) is 2.55. The normalized spacial score (nSPS) is 10.4. The van der Waals surface area contributed by atoms with Gasteiger partial charge in [-0.3, -0.25) is 4.79 Å². The van der Waals surface area contributed by atoms with E-state index in [0.717, 1.165) is 11.0 Å². The lowest BCUT2D eigenvalue weighted by Gasteiger charge is -2.07. The Morgan fingerprint density at radius 2 is 2.00 bits per heavy atom. The molecule has 0 aliphatic rings. The van der Waals surface area contributed by atoms with E-state index in [4.69, 9.17) is 28.9 Å². The largest absolute Gasteiger partial charge is 0.398 e. The summed E-state index contributed by atoms with van der Waals surface area (Å²) in [6.45, 7) is 0. The first-order valence-corrected chi connectivity index (χ1v) is 7.62. The molecule has 2 aromatic rings. The molecule has 0 unspecified atom stereocenters. The van der Waals surface area contributed by atoms with Crippen molar-refractivity contribution in [3.8, 4) is 0 Å². The highest BCUT2D eigenvalue weighted by Gasteiger charge is 2.08. The van der Waals surface area contributed by atoms with Crippen LogP contribution in [0.2, 0.25) is 10.0 Å². The predicted molar refractivity (Wildman–Crippen MR) is 86.6 cm³/mol. The molecule has 0 radical (unpaired) electrons. The number of nitrogens with one attached hydrogen (secondary N) is 1. The van der Waals surface area contributed by atoms with E-state index < -0.39 is 5.82 Å². The van der Waals surface area contributed by atoms with Crippen LogP contribution in [-0.4, -0.2) is 11.7 Å². The Labute approximate surface area is 135 Å². The molecule has 0 aliphatic carbocycles. The van der Waals surface area contributed by atoms with E-state index in [1.54, 1.807) is 18.2 Å². The molecule has 2 rings (SSSR count). The molecule has 3 N–H and O–H groups in total. The van der Waals surface area contributed by atoms with Gasteiger partial charge in [0.15, 0.2) is 0 Å². The zero-order chi connectivity index (χ0) is 15.4. The second kappa shape index (κ2) is 7.02. The summed E-state index contributed by atoms with van der Waals surface area (Å²) >= 11 is 12.8. The maximum Gasteiger partial charge on any atom is 0.234 e. The third kappa shape index (κ3) is 4.52. The van der Waals surface area contributed by atoms with E-state index in [-0.39, 0.29) is 22.4 Å². The third-order valence-corrected chi connectivity index (χ3v) is 4.10. The number of benzene rings is 2. The second-order valence-electron chi connectivity index (χ2n) is 4.14. The molecule has 0 spiro atoms. The zero-order valence-corrected chi connectivity index (χ0v) is 13.0. The van der Waals surface area contributed by atoms with E-state index in [9.17, 15) is 9.18 Å². The molecule has 1 amide bonds. The summed E-state index contributed by atoms with van der Waals surface area (Å²) in [6, 6.07) is 9.18. The van der Waals surface area contributed by atoms with Gasteiger partial charge in [-0.15, -0.1) is 11.8 Å². The summed E-state index contributed by atoms with van der Waals surface area (Å²) in [4.78, 5) is 12.6. The molecule has 7 heteroatoms. The summed E-state index contributed by atoms with van der Waals surface area (Å²) in [5.41, 5.74) is 6.18. The molecule has 0 saturated heterocycles. The van der Waals surface area contributed by atoms with E-state index in [0.29, 0.717) is 10.7 Å². The lowest BCUT2D eigenvalue weighted by molar-refractivity contribution is -0.113. The molecule has 0 fully saturated rings. The maximum absolute atomic E-state index is 13.5. The molecule has 2 aromatic carbocycles. The minimum absolute atomic E-state index is 0.0975. The number of thioether (sulfide) groups is 1. The van der Waals surface area contributed by atoms with E-state index in [1.165, 1.54) is 23.9 Å². The van der Waals surface area contributed by atoms with Gasteiger partial charge in [0.2, 0.25) is 5.91 Å². The zero-order valence-electron chi connectivity index (χ0n) is 10.7. The van der Waals surface area contributed by atoms with Crippen molar-refractivity contribution in [3.05, 3.63) is 52.3 Å². The Morgan fingerprint density at radius 3 is 2.67 bits per heavy atom. The standard InChI is InChI=1S/C14H11Cl2FN2OS/c15-8-1-4-13(11(17)5-8)19-14(20)7-21-9-2-3-12(18)10(16)6-9/h1-6H,7,18H2,(H,19,20). The molecule has 0 aromatic heterocycles. The quantitative estimate of drug-likeness (QED) is 0.636. The molecular weight excluding hydrogens is 334 g/mol. The van der Waals surface area contributed by atoms with Crippen molar-refractivity contribution in [3.63, 3.8) is 0 Å². The van der Waals surface area contributed by atoms with E-state index in [2.05, 4.69) is 5.32 Å². The van der Waals surface area contributed by atoms with Gasteiger partial charge in [0, 0.05) is 9.92 Å². The number of carbonyl (C=O) groups excluding carboxylic acids is 1. The number of hydrogen-bond donors (Lipinski definition) is 2. The Balaban J connectivity index is 1.94. The molecule has 21 heavy (non-hydrogen) atoms. The lowest BCUT2D eigenvalue weighted by Crippen LogP contribution is -2.15. The van der Waals surface area contributed by atoms with Crippen molar-refractivity contribution in [2.45, 2.75) is 4.90 Å². The van der Waals surface area contributed by atoms with Crippen molar-refractivity contribution in [2.24, 2.45) is 0 Å². The van der Waals surface area contributed by atoms with Crippen molar-refractivity contribution in [2.75, 3.05) is 16.8 Å². The summed E-state index contributed by atoms with van der Waals surface area (Å²) in [7, 11) is 0. The SMILES string of the molecule is Nc1ccc(SCC(=O)Nc2ccc(Cl)cc2F)cc1Cl. The molecule has 3 nitrogen and oxygen atoms in total. The van der Waals surface area contributed by atoms with E-state index in [1.807, 2.05) is 0 Å². The highest BCUT2D eigenvalue weighted by atomic mass is 35.5. The van der Waals surface area contributed by atoms with Gasteiger partial charge in [0.25, 0.3) is 0 Å². The fraction of sp³-hybridized carbons (Fsp3) is 0.0714. The summed E-state index contributed by atoms with van der Waals surface area (Å²) in [5, 5.41) is 3.19. The van der Waals surface area contributed by atoms with Crippen molar-refractivity contribution in [1.82, 2.24) is 0 Å². The van der Waals surface area contributed by atoms with Gasteiger partial charge in [-0.05, 0) is 36.4 Å². The monoisotopic (exact) mass is 344 g/mol. The van der Waals surface area contributed by atoms with Gasteiger partial charge in [0.05, 0.1) is 22.2 Å². The number of rotatable bonds is 4. The average Bonchev–Trinajstić information content (AvgIpc) is 2.43. The number of anilines is 2. The van der Waals surface area contributed by atoms with Crippen LogP contribution in [0.4, 0.5) is 15.8 Å².